The molecular weight excluding hydrogens is 587 g/mol. The maximum absolute atomic E-state index is 14.3. The maximum Gasteiger partial charge on any atom is 0.416 e. The Morgan fingerprint density at radius 3 is 2.16 bits per heavy atom. The Kier molecular flexibility index (Phi) is 11.2. The van der Waals surface area contributed by atoms with E-state index in [2.05, 4.69) is 10.3 Å². The number of anilines is 1. The van der Waals surface area contributed by atoms with Crippen molar-refractivity contribution in [3.8, 4) is 11.5 Å². The van der Waals surface area contributed by atoms with Crippen molar-refractivity contribution in [3.05, 3.63) is 125 Å². The van der Waals surface area contributed by atoms with E-state index < -0.39 is 17.6 Å². The normalized spacial score (nSPS) is 12.0. The Balaban J connectivity index is 1.69. The number of likely N-dealkylation sites (N-methyl/N-ethyl adjacent to an activating group) is 1. The van der Waals surface area contributed by atoms with Gasteiger partial charge in [-0.15, -0.1) is 0 Å². The molecule has 11 heteroatoms. The predicted molar refractivity (Wildman–Crippen MR) is 165 cm³/mol. The Hall–Kier alpha value is -5.32. The summed E-state index contributed by atoms with van der Waals surface area (Å²) >= 11 is 0. The molecule has 4 rings (SSSR count). The van der Waals surface area contributed by atoms with Crippen LogP contribution in [0.3, 0.4) is 0 Å². The average molecular weight is 620 g/mol. The van der Waals surface area contributed by atoms with Gasteiger partial charge in [-0.05, 0) is 67.0 Å². The second-order valence-electron chi connectivity index (χ2n) is 9.39. The van der Waals surface area contributed by atoms with Crippen LogP contribution in [0.5, 0.6) is 11.5 Å². The molecule has 0 saturated heterocycles. The number of halogens is 3. The van der Waals surface area contributed by atoms with E-state index in [9.17, 15) is 18.0 Å². The Morgan fingerprint density at radius 1 is 0.800 bits per heavy atom. The molecule has 0 N–H and O–H groups in total. The van der Waals surface area contributed by atoms with Gasteiger partial charge < -0.3 is 24.0 Å². The Labute approximate surface area is 259 Å². The van der Waals surface area contributed by atoms with Gasteiger partial charge in [-0.1, -0.05) is 65.8 Å². The first kappa shape index (κ1) is 32.6. The lowest BCUT2D eigenvalue weighted by Gasteiger charge is -2.25. The van der Waals surface area contributed by atoms with E-state index in [0.717, 1.165) is 12.1 Å². The quantitative estimate of drug-likeness (QED) is 0.0934. The van der Waals surface area contributed by atoms with Crippen molar-refractivity contribution in [2.45, 2.75) is 26.6 Å². The van der Waals surface area contributed by atoms with Crippen LogP contribution in [-0.2, 0) is 27.3 Å². The van der Waals surface area contributed by atoms with Gasteiger partial charge in [-0.2, -0.15) is 13.2 Å². The molecule has 8 nitrogen and oxygen atoms in total. The monoisotopic (exact) mass is 619 g/mol. The van der Waals surface area contributed by atoms with Crippen LogP contribution in [0.15, 0.2) is 113 Å². The number of benzene rings is 4. The number of hydrogen-bond donors (Lipinski definition) is 0. The fraction of sp³-hybridized carbons (Fsp3) is 0.206. The third-order valence-electron chi connectivity index (χ3n) is 6.43. The number of nitrogens with zero attached hydrogens (tertiary/aromatic N) is 3. The van der Waals surface area contributed by atoms with Gasteiger partial charge in [0.15, 0.2) is 5.71 Å². The van der Waals surface area contributed by atoms with Gasteiger partial charge >= 0.3 is 6.18 Å². The van der Waals surface area contributed by atoms with Gasteiger partial charge in [-0.25, -0.2) is 0 Å². The molecule has 0 heterocycles. The maximum atomic E-state index is 14.3. The van der Waals surface area contributed by atoms with Crippen molar-refractivity contribution in [2.75, 3.05) is 25.2 Å². The highest BCUT2D eigenvalue weighted by Crippen LogP contribution is 2.32. The van der Waals surface area contributed by atoms with E-state index in [1.165, 1.54) is 24.1 Å². The van der Waals surface area contributed by atoms with Crippen molar-refractivity contribution in [1.82, 2.24) is 0 Å². The second kappa shape index (κ2) is 15.4. The summed E-state index contributed by atoms with van der Waals surface area (Å²) in [4.78, 5) is 26.2. The largest absolute Gasteiger partial charge is 0.489 e. The topological polar surface area (TPSA) is 82.0 Å². The van der Waals surface area contributed by atoms with Crippen LogP contribution in [0.2, 0.25) is 0 Å². The smallest absolute Gasteiger partial charge is 0.416 e. The molecular formula is C34H32F3N3O5. The Morgan fingerprint density at radius 2 is 1.47 bits per heavy atom. The first-order chi connectivity index (χ1) is 21.8. The van der Waals surface area contributed by atoms with E-state index in [4.69, 9.17) is 19.1 Å². The highest BCUT2D eigenvalue weighted by Gasteiger charge is 2.31. The highest BCUT2D eigenvalue weighted by atomic mass is 19.4. The van der Waals surface area contributed by atoms with Gasteiger partial charge in [0.1, 0.15) is 31.8 Å². The molecule has 4 aromatic carbocycles. The lowest BCUT2D eigenvalue weighted by Crippen LogP contribution is -2.38. The molecule has 1 amide bonds. The number of ether oxygens (including phenoxy) is 2. The average Bonchev–Trinajstić information content (AvgIpc) is 3.05. The van der Waals surface area contributed by atoms with Crippen molar-refractivity contribution in [1.29, 1.82) is 0 Å². The second-order valence-corrected chi connectivity index (χ2v) is 9.39. The van der Waals surface area contributed by atoms with Crippen LogP contribution < -0.4 is 14.4 Å². The van der Waals surface area contributed by atoms with Gasteiger partial charge in [0, 0.05) is 12.1 Å². The van der Waals surface area contributed by atoms with Gasteiger partial charge in [0.05, 0.1) is 16.8 Å². The highest BCUT2D eigenvalue weighted by molar-refractivity contribution is 6.49. The molecule has 0 radical (unpaired) electrons. The number of carbonyl (C=O) groups is 1. The molecule has 0 aliphatic rings. The number of alkyl halides is 3. The van der Waals surface area contributed by atoms with Crippen molar-refractivity contribution >= 4 is 23.2 Å². The fourth-order valence-electron chi connectivity index (χ4n) is 4.38. The van der Waals surface area contributed by atoms with Crippen molar-refractivity contribution in [2.24, 2.45) is 10.3 Å². The zero-order chi connectivity index (χ0) is 32.2. The minimum atomic E-state index is -4.51. The molecule has 0 aromatic heterocycles. The van der Waals surface area contributed by atoms with Crippen LogP contribution in [0.4, 0.5) is 18.9 Å². The van der Waals surface area contributed by atoms with Crippen molar-refractivity contribution < 1.29 is 37.1 Å². The summed E-state index contributed by atoms with van der Waals surface area (Å²) in [5.74, 6) is 0.178. The summed E-state index contributed by atoms with van der Waals surface area (Å²) < 4.78 is 51.5. The molecule has 0 aliphatic carbocycles. The molecule has 234 valence electrons. The van der Waals surface area contributed by atoms with Crippen LogP contribution in [0, 0.1) is 0 Å². The van der Waals surface area contributed by atoms with E-state index in [-0.39, 0.29) is 37.1 Å². The Bertz CT molecular complexity index is 1640. The number of oxime groups is 2. The third kappa shape index (κ3) is 8.41. The van der Waals surface area contributed by atoms with Crippen LogP contribution >= 0.6 is 0 Å². The molecule has 0 atom stereocenters. The van der Waals surface area contributed by atoms with Gasteiger partial charge in [0.25, 0.3) is 11.8 Å². The number of rotatable bonds is 12. The summed E-state index contributed by atoms with van der Waals surface area (Å²) in [7, 11) is 1.39. The summed E-state index contributed by atoms with van der Waals surface area (Å²) in [5.41, 5.74) is 1.01. The summed E-state index contributed by atoms with van der Waals surface area (Å²) in [6.07, 6.45) is -4.51. The summed E-state index contributed by atoms with van der Waals surface area (Å²) in [6.45, 7) is 3.83. The molecule has 0 spiro atoms. The molecule has 0 fully saturated rings. The van der Waals surface area contributed by atoms with Gasteiger partial charge in [0.2, 0.25) is 0 Å². The first-order valence-corrected chi connectivity index (χ1v) is 14.1. The fourth-order valence-corrected chi connectivity index (χ4v) is 4.38. The summed E-state index contributed by atoms with van der Waals surface area (Å²) in [6, 6.07) is 27.5. The SMILES string of the molecule is CCON=C(C(=O)N(CC)c1ccccc1C(=NOC)Oc1ccccc1)c1ccccc1COc1cccc(C(F)(F)F)c1. The van der Waals surface area contributed by atoms with Crippen LogP contribution in [0.25, 0.3) is 0 Å². The number of carbonyl (C=O) groups excluding carboxylic acids is 1. The third-order valence-corrected chi connectivity index (χ3v) is 6.43. The number of hydrogen-bond acceptors (Lipinski definition) is 7. The standard InChI is InChI=1S/C34H32F3N3O5/c1-4-40(30-21-12-11-20-29(30)32(39-42-3)45-26-16-7-6-8-17-26)33(41)31(38-44-5-2)28-19-10-9-14-24(28)23-43-27-18-13-15-25(22-27)34(35,36)37/h6-22H,4-5,23H2,1-3H3. The predicted octanol–water partition coefficient (Wildman–Crippen LogP) is 7.47. The minimum Gasteiger partial charge on any atom is -0.489 e. The lowest BCUT2D eigenvalue weighted by atomic mass is 10.0. The first-order valence-electron chi connectivity index (χ1n) is 14.1. The number of para-hydroxylation sites is 2. The van der Waals surface area contributed by atoms with E-state index in [1.54, 1.807) is 74.5 Å². The molecule has 0 saturated carbocycles. The minimum absolute atomic E-state index is 0.0223. The van der Waals surface area contributed by atoms with E-state index in [1.807, 2.05) is 18.2 Å². The lowest BCUT2D eigenvalue weighted by molar-refractivity contribution is -0.137. The molecule has 0 bridgehead atoms. The molecule has 0 aliphatic heterocycles. The zero-order valence-corrected chi connectivity index (χ0v) is 25.0. The number of amides is 1. The summed E-state index contributed by atoms with van der Waals surface area (Å²) in [5, 5.41) is 8.26. The molecule has 0 unspecified atom stereocenters. The van der Waals surface area contributed by atoms with E-state index >= 15 is 0 Å². The molecule has 45 heavy (non-hydrogen) atoms. The van der Waals surface area contributed by atoms with Crippen LogP contribution in [0.1, 0.15) is 36.1 Å². The van der Waals surface area contributed by atoms with Gasteiger partial charge in [-0.3, -0.25) is 4.79 Å². The van der Waals surface area contributed by atoms with E-state index in [0.29, 0.717) is 28.1 Å². The zero-order valence-electron chi connectivity index (χ0n) is 25.0. The van der Waals surface area contributed by atoms with Crippen LogP contribution in [-0.4, -0.2) is 37.8 Å². The van der Waals surface area contributed by atoms with Crippen molar-refractivity contribution in [3.63, 3.8) is 0 Å². The molecule has 4 aromatic rings.